The van der Waals surface area contributed by atoms with Gasteiger partial charge in [-0.15, -0.1) is 0 Å². The van der Waals surface area contributed by atoms with Gasteiger partial charge in [0, 0.05) is 44.2 Å². The van der Waals surface area contributed by atoms with E-state index in [-0.39, 0.29) is 37.7 Å². The van der Waals surface area contributed by atoms with Gasteiger partial charge in [0.2, 0.25) is 0 Å². The van der Waals surface area contributed by atoms with Gasteiger partial charge in [0.1, 0.15) is 0 Å². The normalized spacial score (nSPS) is 11.0. The molecular weight excluding hydrogens is 360 g/mol. The van der Waals surface area contributed by atoms with Crippen molar-refractivity contribution in [3.8, 4) is 0 Å². The van der Waals surface area contributed by atoms with Crippen LogP contribution in [0.5, 0.6) is 0 Å². The Kier molecular flexibility index (Phi) is 29.1. The summed E-state index contributed by atoms with van der Waals surface area (Å²) in [5, 5.41) is 8.57. The first-order chi connectivity index (χ1) is 12.8. The molecule has 0 unspecified atom stereocenters. The number of hydrogen-bond acceptors (Lipinski definition) is 1. The Balaban J connectivity index is 0. The van der Waals surface area contributed by atoms with Gasteiger partial charge in [0.25, 0.3) is 0 Å². The number of carboxylic acid groups (broad SMARTS) is 1. The maximum absolute atomic E-state index is 10.4. The SMILES string of the molecule is CCCCCCCCC=CCCCCCCCCCCCCCC(=O)O.[Ca]. The van der Waals surface area contributed by atoms with Gasteiger partial charge < -0.3 is 5.11 Å². The molecule has 0 aliphatic heterocycles. The van der Waals surface area contributed by atoms with Crippen LogP contribution in [0.1, 0.15) is 135 Å². The number of carbonyl (C=O) groups is 1. The fourth-order valence-corrected chi connectivity index (χ4v) is 3.41. The summed E-state index contributed by atoms with van der Waals surface area (Å²) in [5.74, 6) is -0.654. The van der Waals surface area contributed by atoms with E-state index in [1.54, 1.807) is 0 Å². The molecule has 0 aromatic rings. The first-order valence-corrected chi connectivity index (χ1v) is 11.6. The van der Waals surface area contributed by atoms with Crippen LogP contribution in [0.15, 0.2) is 12.2 Å². The summed E-state index contributed by atoms with van der Waals surface area (Å²) in [5.41, 5.74) is 0. The fraction of sp³-hybridized carbons (Fsp3) is 0.875. The van der Waals surface area contributed by atoms with Crippen LogP contribution in [0.4, 0.5) is 0 Å². The van der Waals surface area contributed by atoms with Gasteiger partial charge >= 0.3 is 5.97 Å². The summed E-state index contributed by atoms with van der Waals surface area (Å²) in [4.78, 5) is 10.4. The van der Waals surface area contributed by atoms with E-state index < -0.39 is 5.97 Å². The number of allylic oxidation sites excluding steroid dienone is 2. The molecule has 0 spiro atoms. The van der Waals surface area contributed by atoms with Crippen LogP contribution >= 0.6 is 0 Å². The minimum Gasteiger partial charge on any atom is -0.481 e. The largest absolute Gasteiger partial charge is 0.481 e. The first kappa shape index (κ1) is 29.7. The zero-order chi connectivity index (χ0) is 19.1. The van der Waals surface area contributed by atoms with Crippen molar-refractivity contribution in [2.75, 3.05) is 0 Å². The van der Waals surface area contributed by atoms with Crippen LogP contribution in [0.3, 0.4) is 0 Å². The molecule has 0 aliphatic rings. The molecule has 0 aromatic carbocycles. The standard InChI is InChI=1S/C24H46O2.Ca/c1-2-3-4-5-6-7-8-9-10-11-12-13-14-15-16-17-18-19-20-21-22-23-24(25)26;/h9-10H,2-8,11-23H2,1H3,(H,25,26);. The number of rotatable bonds is 21. The smallest absolute Gasteiger partial charge is 0.303 e. The van der Waals surface area contributed by atoms with E-state index in [2.05, 4.69) is 19.1 Å². The number of hydrogen-bond donors (Lipinski definition) is 1. The van der Waals surface area contributed by atoms with E-state index in [1.807, 2.05) is 0 Å². The van der Waals surface area contributed by atoms with Crippen molar-refractivity contribution in [3.63, 3.8) is 0 Å². The van der Waals surface area contributed by atoms with Crippen molar-refractivity contribution in [3.05, 3.63) is 12.2 Å². The van der Waals surface area contributed by atoms with Gasteiger partial charge in [-0.25, -0.2) is 0 Å². The summed E-state index contributed by atoms with van der Waals surface area (Å²) in [6.07, 6.45) is 30.1. The summed E-state index contributed by atoms with van der Waals surface area (Å²) in [6, 6.07) is 0. The average Bonchev–Trinajstić information content (AvgIpc) is 2.62. The van der Waals surface area contributed by atoms with Gasteiger partial charge in [-0.2, -0.15) is 0 Å². The van der Waals surface area contributed by atoms with Crippen LogP contribution in [-0.2, 0) is 4.79 Å². The summed E-state index contributed by atoms with van der Waals surface area (Å²) >= 11 is 0. The summed E-state index contributed by atoms with van der Waals surface area (Å²) in [6.45, 7) is 2.28. The van der Waals surface area contributed by atoms with Crippen molar-refractivity contribution in [2.24, 2.45) is 0 Å². The molecule has 0 saturated carbocycles. The molecule has 0 aromatic heterocycles. The maximum Gasteiger partial charge on any atom is 0.303 e. The second kappa shape index (κ2) is 26.5. The third kappa shape index (κ3) is 28.8. The number of carboxylic acids is 1. The van der Waals surface area contributed by atoms with Crippen molar-refractivity contribution >= 4 is 43.7 Å². The molecular formula is C24H46CaO2. The van der Waals surface area contributed by atoms with Gasteiger partial charge in [0.15, 0.2) is 0 Å². The van der Waals surface area contributed by atoms with E-state index in [1.165, 1.54) is 109 Å². The predicted octanol–water partition coefficient (Wildman–Crippen LogP) is 8.07. The quantitative estimate of drug-likeness (QED) is 0.119. The molecule has 0 aliphatic carbocycles. The van der Waals surface area contributed by atoms with Crippen molar-refractivity contribution in [2.45, 2.75) is 135 Å². The topological polar surface area (TPSA) is 37.3 Å². The predicted molar refractivity (Wildman–Crippen MR) is 121 cm³/mol. The van der Waals surface area contributed by atoms with E-state index in [0.717, 1.165) is 12.8 Å². The molecule has 2 nitrogen and oxygen atoms in total. The van der Waals surface area contributed by atoms with Gasteiger partial charge in [-0.3, -0.25) is 4.79 Å². The Hall–Kier alpha value is 0.470. The maximum atomic E-state index is 10.4. The zero-order valence-electron chi connectivity index (χ0n) is 18.4. The zero-order valence-corrected chi connectivity index (χ0v) is 20.6. The van der Waals surface area contributed by atoms with Gasteiger partial charge in [-0.1, -0.05) is 109 Å². The third-order valence-corrected chi connectivity index (χ3v) is 5.15. The second-order valence-corrected chi connectivity index (χ2v) is 7.85. The summed E-state index contributed by atoms with van der Waals surface area (Å²) < 4.78 is 0. The van der Waals surface area contributed by atoms with Crippen LogP contribution in [0.2, 0.25) is 0 Å². The van der Waals surface area contributed by atoms with Crippen LogP contribution in [0.25, 0.3) is 0 Å². The minimum absolute atomic E-state index is 0. The molecule has 0 amide bonds. The van der Waals surface area contributed by atoms with Crippen molar-refractivity contribution in [1.82, 2.24) is 0 Å². The molecule has 0 rings (SSSR count). The molecule has 3 heteroatoms. The summed E-state index contributed by atoms with van der Waals surface area (Å²) in [7, 11) is 0. The van der Waals surface area contributed by atoms with E-state index in [0.29, 0.717) is 6.42 Å². The fourth-order valence-electron chi connectivity index (χ4n) is 3.41. The molecule has 0 fully saturated rings. The molecule has 0 heterocycles. The van der Waals surface area contributed by atoms with E-state index in [4.69, 9.17) is 5.11 Å². The van der Waals surface area contributed by atoms with E-state index >= 15 is 0 Å². The Labute approximate surface area is 200 Å². The molecule has 1 N–H and O–H groups in total. The molecule has 156 valence electrons. The Morgan fingerprint density at radius 2 is 0.926 bits per heavy atom. The second-order valence-electron chi connectivity index (χ2n) is 7.85. The first-order valence-electron chi connectivity index (χ1n) is 11.6. The monoisotopic (exact) mass is 406 g/mol. The molecule has 0 bridgehead atoms. The van der Waals surface area contributed by atoms with Crippen molar-refractivity contribution < 1.29 is 9.90 Å². The van der Waals surface area contributed by atoms with Gasteiger partial charge in [0.05, 0.1) is 0 Å². The average molecular weight is 407 g/mol. The molecule has 0 atom stereocenters. The third-order valence-electron chi connectivity index (χ3n) is 5.15. The molecule has 2 radical (unpaired) electrons. The Bertz CT molecular complexity index is 316. The van der Waals surface area contributed by atoms with Crippen LogP contribution in [-0.4, -0.2) is 48.8 Å². The van der Waals surface area contributed by atoms with E-state index in [9.17, 15) is 4.79 Å². The van der Waals surface area contributed by atoms with Crippen LogP contribution in [0, 0.1) is 0 Å². The molecule has 0 saturated heterocycles. The Morgan fingerprint density at radius 3 is 1.30 bits per heavy atom. The Morgan fingerprint density at radius 1 is 0.593 bits per heavy atom. The molecule has 27 heavy (non-hydrogen) atoms. The number of aliphatic carboxylic acids is 1. The number of unbranched alkanes of at least 4 members (excludes halogenated alkanes) is 17. The van der Waals surface area contributed by atoms with Crippen LogP contribution < -0.4 is 0 Å². The van der Waals surface area contributed by atoms with Gasteiger partial charge in [-0.05, 0) is 32.1 Å². The minimum atomic E-state index is -0.654. The van der Waals surface area contributed by atoms with Crippen molar-refractivity contribution in [1.29, 1.82) is 0 Å².